The predicted octanol–water partition coefficient (Wildman–Crippen LogP) is 6.28. The zero-order valence-electron chi connectivity index (χ0n) is 20.3. The number of aromatic nitrogens is 2. The van der Waals surface area contributed by atoms with Crippen molar-refractivity contribution in [2.45, 2.75) is 44.2 Å². The molecule has 1 amide bonds. The Labute approximate surface area is 220 Å². The Balaban J connectivity index is 1.49. The number of anilines is 1. The number of carbonyl (C=O) groups excluding carboxylic acids is 1. The SMILES string of the molecule is Cc1ccc(S(=O)(=O)O)c(C(C)Cc2nsc(NC(=O)c3cc(-c4cccc(C(F)(F)F)c4)oc3C)n2)c1. The largest absolute Gasteiger partial charge is 0.461 e. The highest BCUT2D eigenvalue weighted by Crippen LogP contribution is 2.34. The van der Waals surface area contributed by atoms with Crippen molar-refractivity contribution in [3.63, 3.8) is 0 Å². The quantitative estimate of drug-likeness (QED) is 0.253. The van der Waals surface area contributed by atoms with Gasteiger partial charge in [-0.25, -0.2) is 4.98 Å². The molecule has 1 unspecified atom stereocenters. The van der Waals surface area contributed by atoms with Crippen LogP contribution in [0.2, 0.25) is 0 Å². The first-order valence-electron chi connectivity index (χ1n) is 11.2. The van der Waals surface area contributed by atoms with E-state index in [1.807, 2.05) is 0 Å². The topological polar surface area (TPSA) is 122 Å². The fraction of sp³-hybridized carbons (Fsp3) is 0.240. The minimum atomic E-state index is -4.52. The van der Waals surface area contributed by atoms with Gasteiger partial charge in [-0.1, -0.05) is 36.8 Å². The normalized spacial score (nSPS) is 12.9. The number of hydrogen-bond donors (Lipinski definition) is 2. The summed E-state index contributed by atoms with van der Waals surface area (Å²) in [6.45, 7) is 5.09. The molecule has 8 nitrogen and oxygen atoms in total. The van der Waals surface area contributed by atoms with Crippen molar-refractivity contribution in [2.24, 2.45) is 0 Å². The number of aryl methyl sites for hydroxylation is 2. The number of nitrogens with one attached hydrogen (secondary N) is 1. The molecule has 0 saturated heterocycles. The first kappa shape index (κ1) is 27.5. The van der Waals surface area contributed by atoms with Gasteiger partial charge in [-0.3, -0.25) is 14.7 Å². The zero-order chi connectivity index (χ0) is 27.8. The average Bonchev–Trinajstić information content (AvgIpc) is 3.43. The molecule has 13 heteroatoms. The van der Waals surface area contributed by atoms with Crippen LogP contribution in [0.25, 0.3) is 11.3 Å². The van der Waals surface area contributed by atoms with Crippen LogP contribution >= 0.6 is 11.5 Å². The molecule has 2 N–H and O–H groups in total. The summed E-state index contributed by atoms with van der Waals surface area (Å²) in [6.07, 6.45) is -4.28. The highest BCUT2D eigenvalue weighted by molar-refractivity contribution is 7.85. The molecule has 0 fully saturated rings. The Morgan fingerprint density at radius 3 is 2.58 bits per heavy atom. The van der Waals surface area contributed by atoms with E-state index in [0.29, 0.717) is 11.4 Å². The number of nitrogens with zero attached hydrogens (tertiary/aromatic N) is 2. The minimum absolute atomic E-state index is 0.110. The fourth-order valence-corrected chi connectivity index (χ4v) is 5.31. The lowest BCUT2D eigenvalue weighted by Gasteiger charge is -2.14. The van der Waals surface area contributed by atoms with E-state index in [9.17, 15) is 30.9 Å². The lowest BCUT2D eigenvalue weighted by Crippen LogP contribution is -2.12. The number of furan rings is 1. The molecular formula is C25H22F3N3O5S2. The van der Waals surface area contributed by atoms with E-state index in [1.165, 1.54) is 31.2 Å². The van der Waals surface area contributed by atoms with Crippen LogP contribution in [0.3, 0.4) is 0 Å². The molecule has 2 aromatic carbocycles. The van der Waals surface area contributed by atoms with E-state index < -0.39 is 27.8 Å². The Bertz CT molecular complexity index is 1610. The molecule has 0 aliphatic carbocycles. The van der Waals surface area contributed by atoms with Crippen molar-refractivity contribution < 1.29 is 35.4 Å². The Kier molecular flexibility index (Phi) is 7.46. The van der Waals surface area contributed by atoms with Gasteiger partial charge in [0.1, 0.15) is 17.3 Å². The van der Waals surface area contributed by atoms with Crippen molar-refractivity contribution in [2.75, 3.05) is 5.32 Å². The fourth-order valence-electron chi connectivity index (χ4n) is 3.92. The number of benzene rings is 2. The maximum atomic E-state index is 13.1. The standard InChI is InChI=1S/C25H22F3N3O5S2/c1-13-7-8-21(38(33,34)35)18(9-13)14(2)10-22-29-24(37-31-22)30-23(32)19-12-20(36-15(19)3)16-5-4-6-17(11-16)25(26,27)28/h4-9,11-12,14H,10H2,1-3H3,(H,33,34,35)(H,29,30,31,32). The minimum Gasteiger partial charge on any atom is -0.461 e. The van der Waals surface area contributed by atoms with E-state index >= 15 is 0 Å². The second-order valence-electron chi connectivity index (χ2n) is 8.75. The van der Waals surface area contributed by atoms with Gasteiger partial charge in [0.15, 0.2) is 0 Å². The molecule has 0 bridgehead atoms. The number of alkyl halides is 3. The molecule has 0 aliphatic rings. The molecule has 0 spiro atoms. The van der Waals surface area contributed by atoms with E-state index in [0.717, 1.165) is 29.2 Å². The van der Waals surface area contributed by atoms with Gasteiger partial charge in [-0.05, 0) is 49.6 Å². The van der Waals surface area contributed by atoms with Gasteiger partial charge in [-0.15, -0.1) is 0 Å². The van der Waals surface area contributed by atoms with Crippen molar-refractivity contribution >= 4 is 32.7 Å². The smallest absolute Gasteiger partial charge is 0.416 e. The van der Waals surface area contributed by atoms with Crippen molar-refractivity contribution in [3.8, 4) is 11.3 Å². The summed E-state index contributed by atoms with van der Waals surface area (Å²) in [6, 6.07) is 10.6. The second kappa shape index (κ2) is 10.3. The molecule has 2 heterocycles. The number of amides is 1. The predicted molar refractivity (Wildman–Crippen MR) is 135 cm³/mol. The summed E-state index contributed by atoms with van der Waals surface area (Å²) in [4.78, 5) is 17.0. The lowest BCUT2D eigenvalue weighted by atomic mass is 9.96. The van der Waals surface area contributed by atoms with Crippen LogP contribution in [0.5, 0.6) is 0 Å². The average molecular weight is 566 g/mol. The molecular weight excluding hydrogens is 543 g/mol. The van der Waals surface area contributed by atoms with Gasteiger partial charge >= 0.3 is 6.18 Å². The van der Waals surface area contributed by atoms with E-state index in [4.69, 9.17) is 4.42 Å². The van der Waals surface area contributed by atoms with Gasteiger partial charge in [-0.2, -0.15) is 26.0 Å². The molecule has 0 radical (unpaired) electrons. The second-order valence-corrected chi connectivity index (χ2v) is 10.9. The highest BCUT2D eigenvalue weighted by atomic mass is 32.2. The lowest BCUT2D eigenvalue weighted by molar-refractivity contribution is -0.137. The molecule has 38 heavy (non-hydrogen) atoms. The number of rotatable bonds is 7. The van der Waals surface area contributed by atoms with Gasteiger partial charge < -0.3 is 4.42 Å². The van der Waals surface area contributed by atoms with Gasteiger partial charge in [0.25, 0.3) is 16.0 Å². The third-order valence-corrected chi connectivity index (χ3v) is 7.38. The van der Waals surface area contributed by atoms with E-state index in [1.54, 1.807) is 26.0 Å². The summed E-state index contributed by atoms with van der Waals surface area (Å²) >= 11 is 0.920. The molecule has 0 aliphatic heterocycles. The van der Waals surface area contributed by atoms with Crippen LogP contribution in [0.4, 0.5) is 18.3 Å². The number of hydrogen-bond acceptors (Lipinski definition) is 7. The highest BCUT2D eigenvalue weighted by Gasteiger charge is 2.31. The van der Waals surface area contributed by atoms with E-state index in [-0.39, 0.29) is 45.0 Å². The Hall–Kier alpha value is -3.55. The van der Waals surface area contributed by atoms with E-state index in [2.05, 4.69) is 14.7 Å². The van der Waals surface area contributed by atoms with Gasteiger partial charge in [0, 0.05) is 23.5 Å². The Morgan fingerprint density at radius 1 is 1.16 bits per heavy atom. The first-order valence-corrected chi connectivity index (χ1v) is 13.4. The van der Waals surface area contributed by atoms with Crippen LogP contribution in [0.15, 0.2) is 57.8 Å². The molecule has 0 saturated carbocycles. The first-order chi connectivity index (χ1) is 17.7. The summed E-state index contributed by atoms with van der Waals surface area (Å²) in [5, 5.41) is 2.79. The summed E-state index contributed by atoms with van der Waals surface area (Å²) in [7, 11) is -4.42. The van der Waals surface area contributed by atoms with Crippen LogP contribution in [-0.4, -0.2) is 28.2 Å². The van der Waals surface area contributed by atoms with Crippen LogP contribution in [0.1, 0.15) is 51.5 Å². The summed E-state index contributed by atoms with van der Waals surface area (Å²) < 4.78 is 82.1. The molecule has 4 aromatic rings. The van der Waals surface area contributed by atoms with Crippen molar-refractivity contribution in [1.29, 1.82) is 0 Å². The van der Waals surface area contributed by atoms with Crippen molar-refractivity contribution in [3.05, 3.63) is 82.4 Å². The van der Waals surface area contributed by atoms with Gasteiger partial charge in [0.2, 0.25) is 5.13 Å². The van der Waals surface area contributed by atoms with Crippen LogP contribution in [-0.2, 0) is 22.7 Å². The zero-order valence-corrected chi connectivity index (χ0v) is 22.0. The summed E-state index contributed by atoms with van der Waals surface area (Å²) in [5.41, 5.74) is 0.706. The third-order valence-electron chi connectivity index (χ3n) is 5.79. The number of carbonyl (C=O) groups is 1. The summed E-state index contributed by atoms with van der Waals surface area (Å²) in [5.74, 6) is -0.262. The van der Waals surface area contributed by atoms with Crippen molar-refractivity contribution in [1.82, 2.24) is 9.36 Å². The van der Waals surface area contributed by atoms with Crippen LogP contribution < -0.4 is 5.32 Å². The molecule has 2 aromatic heterocycles. The Morgan fingerprint density at radius 2 is 1.89 bits per heavy atom. The maximum absolute atomic E-state index is 13.1. The van der Waals surface area contributed by atoms with Crippen LogP contribution in [0, 0.1) is 13.8 Å². The number of halogens is 3. The molecule has 200 valence electrons. The van der Waals surface area contributed by atoms with Gasteiger partial charge in [0.05, 0.1) is 16.0 Å². The third kappa shape index (κ3) is 6.11. The maximum Gasteiger partial charge on any atom is 0.416 e. The monoisotopic (exact) mass is 565 g/mol. The molecule has 1 atom stereocenters. The molecule has 4 rings (SSSR count).